The molecular formula is C30H28BNO2. The molecule has 1 aliphatic rings. The molecule has 168 valence electrons. The smallest absolute Gasteiger partial charge is 0.399 e. The van der Waals surface area contributed by atoms with E-state index in [1.165, 1.54) is 32.9 Å². The van der Waals surface area contributed by atoms with Gasteiger partial charge in [-0.2, -0.15) is 0 Å². The van der Waals surface area contributed by atoms with Gasteiger partial charge in [0.15, 0.2) is 0 Å². The Morgan fingerprint density at radius 2 is 1.00 bits per heavy atom. The fraction of sp³-hybridized carbons (Fsp3) is 0.200. The van der Waals surface area contributed by atoms with E-state index in [0.29, 0.717) is 0 Å². The van der Waals surface area contributed by atoms with Crippen LogP contribution in [-0.2, 0) is 9.31 Å². The molecule has 0 radical (unpaired) electrons. The quantitative estimate of drug-likeness (QED) is 0.287. The van der Waals surface area contributed by atoms with Crippen molar-refractivity contribution in [2.75, 3.05) is 0 Å². The van der Waals surface area contributed by atoms with Crippen LogP contribution < -0.4 is 5.46 Å². The molecule has 0 bridgehead atoms. The number of fused-ring (bicyclic) bond motifs is 3. The monoisotopic (exact) mass is 445 g/mol. The zero-order valence-corrected chi connectivity index (χ0v) is 20.1. The fourth-order valence-corrected chi connectivity index (χ4v) is 4.82. The van der Waals surface area contributed by atoms with Gasteiger partial charge in [0.2, 0.25) is 0 Å². The molecule has 0 unspecified atom stereocenters. The molecule has 4 aromatic carbocycles. The maximum atomic E-state index is 6.20. The van der Waals surface area contributed by atoms with Gasteiger partial charge in [0.05, 0.1) is 22.2 Å². The Hall–Kier alpha value is -3.34. The Bertz CT molecular complexity index is 1430. The van der Waals surface area contributed by atoms with Crippen molar-refractivity contribution in [2.45, 2.75) is 38.9 Å². The second kappa shape index (κ2) is 7.59. The topological polar surface area (TPSA) is 23.4 Å². The van der Waals surface area contributed by atoms with Crippen LogP contribution in [0.5, 0.6) is 0 Å². The van der Waals surface area contributed by atoms with Crippen LogP contribution >= 0.6 is 0 Å². The summed E-state index contributed by atoms with van der Waals surface area (Å²) in [6, 6.07) is 34.5. The Morgan fingerprint density at radius 3 is 1.50 bits per heavy atom. The van der Waals surface area contributed by atoms with Crippen molar-refractivity contribution in [3.8, 4) is 16.8 Å². The van der Waals surface area contributed by atoms with Crippen LogP contribution in [0.25, 0.3) is 38.6 Å². The Labute approximate surface area is 201 Å². The first-order valence-electron chi connectivity index (χ1n) is 11.9. The minimum Gasteiger partial charge on any atom is -0.399 e. The van der Waals surface area contributed by atoms with Gasteiger partial charge in [-0.1, -0.05) is 72.8 Å². The normalized spacial score (nSPS) is 17.0. The highest BCUT2D eigenvalue weighted by molar-refractivity contribution is 6.62. The molecule has 0 N–H and O–H groups in total. The number of rotatable bonds is 3. The molecule has 0 aliphatic carbocycles. The van der Waals surface area contributed by atoms with Crippen molar-refractivity contribution in [3.63, 3.8) is 0 Å². The second-order valence-corrected chi connectivity index (χ2v) is 10.1. The van der Waals surface area contributed by atoms with Gasteiger partial charge < -0.3 is 13.9 Å². The summed E-state index contributed by atoms with van der Waals surface area (Å²) >= 11 is 0. The van der Waals surface area contributed by atoms with Crippen molar-refractivity contribution < 1.29 is 9.31 Å². The molecule has 1 fully saturated rings. The predicted octanol–water partition coefficient (Wildman–Crippen LogP) is 6.75. The van der Waals surface area contributed by atoms with Crippen LogP contribution in [0, 0.1) is 0 Å². The second-order valence-electron chi connectivity index (χ2n) is 10.1. The lowest BCUT2D eigenvalue weighted by atomic mass is 9.78. The molecule has 0 spiro atoms. The highest BCUT2D eigenvalue weighted by Crippen LogP contribution is 2.37. The summed E-state index contributed by atoms with van der Waals surface area (Å²) < 4.78 is 14.7. The van der Waals surface area contributed by atoms with E-state index in [1.54, 1.807) is 0 Å². The van der Waals surface area contributed by atoms with Gasteiger partial charge in [-0.15, -0.1) is 0 Å². The Morgan fingerprint density at radius 1 is 0.559 bits per heavy atom. The van der Waals surface area contributed by atoms with Crippen LogP contribution in [0.4, 0.5) is 0 Å². The maximum Gasteiger partial charge on any atom is 0.494 e. The van der Waals surface area contributed by atoms with Crippen molar-refractivity contribution in [1.29, 1.82) is 0 Å². The summed E-state index contributed by atoms with van der Waals surface area (Å²) in [5.41, 5.74) is 6.35. The summed E-state index contributed by atoms with van der Waals surface area (Å²) in [6.07, 6.45) is 0. The van der Waals surface area contributed by atoms with Gasteiger partial charge in [-0.3, -0.25) is 0 Å². The molecule has 0 amide bonds. The van der Waals surface area contributed by atoms with Crippen molar-refractivity contribution in [1.82, 2.24) is 4.57 Å². The molecular weight excluding hydrogens is 417 g/mol. The number of aromatic nitrogens is 1. The zero-order chi connectivity index (χ0) is 23.5. The van der Waals surface area contributed by atoms with E-state index in [4.69, 9.17) is 9.31 Å². The van der Waals surface area contributed by atoms with Crippen LogP contribution in [0.15, 0.2) is 97.1 Å². The van der Waals surface area contributed by atoms with Crippen LogP contribution in [0.3, 0.4) is 0 Å². The molecule has 0 saturated carbocycles. The summed E-state index contributed by atoms with van der Waals surface area (Å²) in [5.74, 6) is 0. The van der Waals surface area contributed by atoms with Crippen LogP contribution in [0.1, 0.15) is 27.7 Å². The molecule has 5 aromatic rings. The van der Waals surface area contributed by atoms with E-state index in [2.05, 4.69) is 129 Å². The third kappa shape index (κ3) is 3.29. The van der Waals surface area contributed by atoms with E-state index in [-0.39, 0.29) is 18.3 Å². The Kier molecular flexibility index (Phi) is 4.74. The maximum absolute atomic E-state index is 6.20. The Balaban J connectivity index is 1.32. The standard InChI is InChI=1S/C30H28BNO2/c1-29(2)30(3,4)34-31(33-29)23-17-13-21(14-18-23)22-15-19-24(20-16-22)32-27-11-7-5-9-25(27)26-10-6-8-12-28(26)32/h5-20H,1-4H3. The number of benzene rings is 4. The van der Waals surface area contributed by atoms with E-state index < -0.39 is 0 Å². The van der Waals surface area contributed by atoms with Crippen molar-refractivity contribution in [2.24, 2.45) is 0 Å². The highest BCUT2D eigenvalue weighted by Gasteiger charge is 2.51. The first-order chi connectivity index (χ1) is 16.3. The summed E-state index contributed by atoms with van der Waals surface area (Å²) in [6.45, 7) is 8.33. The van der Waals surface area contributed by atoms with E-state index >= 15 is 0 Å². The van der Waals surface area contributed by atoms with E-state index in [0.717, 1.165) is 11.2 Å². The first-order valence-corrected chi connectivity index (χ1v) is 11.9. The number of para-hydroxylation sites is 2. The van der Waals surface area contributed by atoms with Gasteiger partial charge in [0.25, 0.3) is 0 Å². The largest absolute Gasteiger partial charge is 0.494 e. The molecule has 3 nitrogen and oxygen atoms in total. The zero-order valence-electron chi connectivity index (χ0n) is 20.1. The summed E-state index contributed by atoms with van der Waals surface area (Å²) in [4.78, 5) is 0. The number of hydrogen-bond donors (Lipinski definition) is 0. The average molecular weight is 445 g/mol. The lowest BCUT2D eigenvalue weighted by Gasteiger charge is -2.32. The summed E-state index contributed by atoms with van der Waals surface area (Å²) in [5, 5.41) is 2.56. The molecule has 1 aromatic heterocycles. The number of nitrogens with zero attached hydrogens (tertiary/aromatic N) is 1. The minimum absolute atomic E-state index is 0.334. The van der Waals surface area contributed by atoms with Gasteiger partial charge >= 0.3 is 7.12 Å². The van der Waals surface area contributed by atoms with E-state index in [1.807, 2.05) is 0 Å². The SMILES string of the molecule is CC1(C)OB(c2ccc(-c3ccc(-n4c5ccccc5c5ccccc54)cc3)cc2)OC1(C)C. The van der Waals surface area contributed by atoms with Crippen molar-refractivity contribution >= 4 is 34.4 Å². The minimum atomic E-state index is -0.336. The summed E-state index contributed by atoms with van der Waals surface area (Å²) in [7, 11) is -0.336. The molecule has 0 atom stereocenters. The molecule has 6 rings (SSSR count). The fourth-order valence-electron chi connectivity index (χ4n) is 4.82. The highest BCUT2D eigenvalue weighted by atomic mass is 16.7. The van der Waals surface area contributed by atoms with Crippen LogP contribution in [0.2, 0.25) is 0 Å². The van der Waals surface area contributed by atoms with Gasteiger partial charge in [0, 0.05) is 16.5 Å². The predicted molar refractivity (Wildman–Crippen MR) is 142 cm³/mol. The molecule has 4 heteroatoms. The third-order valence-corrected chi connectivity index (χ3v) is 7.48. The molecule has 34 heavy (non-hydrogen) atoms. The lowest BCUT2D eigenvalue weighted by Crippen LogP contribution is -2.41. The van der Waals surface area contributed by atoms with Crippen LogP contribution in [-0.4, -0.2) is 22.9 Å². The van der Waals surface area contributed by atoms with E-state index in [9.17, 15) is 0 Å². The van der Waals surface area contributed by atoms with Gasteiger partial charge in [0.1, 0.15) is 0 Å². The van der Waals surface area contributed by atoms with Gasteiger partial charge in [-0.05, 0) is 68.6 Å². The third-order valence-electron chi connectivity index (χ3n) is 7.48. The van der Waals surface area contributed by atoms with Crippen molar-refractivity contribution in [3.05, 3.63) is 97.1 Å². The average Bonchev–Trinajstić information content (AvgIpc) is 3.29. The lowest BCUT2D eigenvalue weighted by molar-refractivity contribution is 0.00578. The molecule has 1 saturated heterocycles. The number of hydrogen-bond acceptors (Lipinski definition) is 2. The molecule has 1 aliphatic heterocycles. The molecule has 2 heterocycles. The van der Waals surface area contributed by atoms with Gasteiger partial charge in [-0.25, -0.2) is 0 Å². The first kappa shape index (κ1) is 21.2.